The first-order valence-corrected chi connectivity index (χ1v) is 10.8. The number of benzene rings is 1. The number of rotatable bonds is 5. The Hall–Kier alpha value is -2.85. The van der Waals surface area contributed by atoms with Crippen molar-refractivity contribution in [2.75, 3.05) is 31.1 Å². The van der Waals surface area contributed by atoms with Crippen LogP contribution in [0.25, 0.3) is 5.82 Å². The van der Waals surface area contributed by atoms with Gasteiger partial charge in [-0.05, 0) is 13.0 Å². The highest BCUT2D eigenvalue weighted by Gasteiger charge is 2.28. The fourth-order valence-corrected chi connectivity index (χ4v) is 4.85. The molecule has 0 amide bonds. The number of piperazine rings is 1. The van der Waals surface area contributed by atoms with Crippen molar-refractivity contribution in [3.05, 3.63) is 66.3 Å². The van der Waals surface area contributed by atoms with Crippen molar-refractivity contribution >= 4 is 15.8 Å². The van der Waals surface area contributed by atoms with E-state index in [-0.39, 0.29) is 11.3 Å². The molecule has 152 valence electrons. The lowest BCUT2D eigenvalue weighted by Gasteiger charge is -2.34. The first kappa shape index (κ1) is 19.5. The van der Waals surface area contributed by atoms with Gasteiger partial charge >= 0.3 is 0 Å². The second kappa shape index (κ2) is 7.88. The summed E-state index contributed by atoms with van der Waals surface area (Å²) in [5.41, 5.74) is 0.186. The summed E-state index contributed by atoms with van der Waals surface area (Å²) >= 11 is 0. The summed E-state index contributed by atoms with van der Waals surface area (Å²) in [6.45, 7) is 3.45. The van der Waals surface area contributed by atoms with Crippen LogP contribution >= 0.6 is 0 Å². The van der Waals surface area contributed by atoms with Crippen molar-refractivity contribution in [1.29, 1.82) is 0 Å². The number of imidazole rings is 1. The molecular formula is C19H21FN6O2S. The Morgan fingerprint density at radius 3 is 2.48 bits per heavy atom. The van der Waals surface area contributed by atoms with Crippen molar-refractivity contribution < 1.29 is 12.8 Å². The van der Waals surface area contributed by atoms with Crippen LogP contribution in [0.4, 0.5) is 10.2 Å². The van der Waals surface area contributed by atoms with E-state index in [2.05, 4.69) is 15.0 Å². The van der Waals surface area contributed by atoms with Gasteiger partial charge in [-0.3, -0.25) is 4.57 Å². The van der Waals surface area contributed by atoms with Crippen LogP contribution in [0.5, 0.6) is 0 Å². The van der Waals surface area contributed by atoms with Crippen molar-refractivity contribution in [2.45, 2.75) is 12.7 Å². The van der Waals surface area contributed by atoms with Gasteiger partial charge in [-0.15, -0.1) is 0 Å². The van der Waals surface area contributed by atoms with Gasteiger partial charge < -0.3 is 4.90 Å². The minimum Gasteiger partial charge on any atom is -0.354 e. The average Bonchev–Trinajstić information content (AvgIpc) is 3.24. The van der Waals surface area contributed by atoms with Gasteiger partial charge in [-0.2, -0.15) is 4.31 Å². The van der Waals surface area contributed by atoms with E-state index in [1.54, 1.807) is 35.4 Å². The highest BCUT2D eigenvalue weighted by atomic mass is 32.2. The van der Waals surface area contributed by atoms with Crippen LogP contribution in [-0.4, -0.2) is 58.4 Å². The molecule has 0 unspecified atom stereocenters. The third kappa shape index (κ3) is 4.28. The maximum absolute atomic E-state index is 13.9. The number of anilines is 1. The maximum Gasteiger partial charge on any atom is 0.218 e. The number of halogens is 1. The minimum atomic E-state index is -3.59. The van der Waals surface area contributed by atoms with Gasteiger partial charge in [0.1, 0.15) is 29.6 Å². The van der Waals surface area contributed by atoms with E-state index in [4.69, 9.17) is 0 Å². The lowest BCUT2D eigenvalue weighted by molar-refractivity contribution is 0.382. The van der Waals surface area contributed by atoms with E-state index < -0.39 is 15.8 Å². The lowest BCUT2D eigenvalue weighted by atomic mass is 10.2. The summed E-state index contributed by atoms with van der Waals surface area (Å²) in [4.78, 5) is 15.0. The SMILES string of the molecule is Cc1nc(N2CCN(S(=O)(=O)Cc3ccccc3F)CC2)cc(-n2ccnc2)n1. The molecule has 1 saturated heterocycles. The van der Waals surface area contributed by atoms with Crippen LogP contribution < -0.4 is 4.90 Å². The van der Waals surface area contributed by atoms with E-state index in [1.165, 1.54) is 16.4 Å². The number of sulfonamides is 1. The van der Waals surface area contributed by atoms with Crippen molar-refractivity contribution in [3.63, 3.8) is 0 Å². The van der Waals surface area contributed by atoms with Crippen molar-refractivity contribution in [2.24, 2.45) is 0 Å². The van der Waals surface area contributed by atoms with Crippen LogP contribution in [0.3, 0.4) is 0 Å². The minimum absolute atomic E-state index is 0.186. The molecule has 0 N–H and O–H groups in total. The van der Waals surface area contributed by atoms with Gasteiger partial charge in [0.25, 0.3) is 0 Å². The molecule has 1 aliphatic heterocycles. The molecule has 3 heterocycles. The first-order chi connectivity index (χ1) is 13.9. The van der Waals surface area contributed by atoms with E-state index in [0.717, 1.165) is 5.82 Å². The molecule has 2 aromatic heterocycles. The molecule has 0 radical (unpaired) electrons. The maximum atomic E-state index is 13.9. The zero-order valence-electron chi connectivity index (χ0n) is 15.9. The van der Waals surface area contributed by atoms with Gasteiger partial charge in [-0.1, -0.05) is 18.2 Å². The molecule has 0 atom stereocenters. The Balaban J connectivity index is 1.46. The largest absolute Gasteiger partial charge is 0.354 e. The second-order valence-corrected chi connectivity index (χ2v) is 8.80. The Morgan fingerprint density at radius 2 is 1.79 bits per heavy atom. The predicted molar refractivity (Wildman–Crippen MR) is 107 cm³/mol. The number of aryl methyl sites for hydroxylation is 1. The fraction of sp³-hybridized carbons (Fsp3) is 0.316. The fourth-order valence-electron chi connectivity index (χ4n) is 3.32. The number of nitrogens with zero attached hydrogens (tertiary/aromatic N) is 6. The molecule has 1 aliphatic rings. The molecular weight excluding hydrogens is 395 g/mol. The molecule has 8 nitrogen and oxygen atoms in total. The summed E-state index contributed by atoms with van der Waals surface area (Å²) in [7, 11) is -3.59. The molecule has 29 heavy (non-hydrogen) atoms. The molecule has 0 saturated carbocycles. The third-order valence-corrected chi connectivity index (χ3v) is 6.66. The normalized spacial score (nSPS) is 15.6. The number of hydrogen-bond donors (Lipinski definition) is 0. The summed E-state index contributed by atoms with van der Waals surface area (Å²) in [6, 6.07) is 7.83. The summed E-state index contributed by atoms with van der Waals surface area (Å²) < 4.78 is 42.5. The van der Waals surface area contributed by atoms with E-state index in [1.807, 2.05) is 17.9 Å². The molecule has 0 bridgehead atoms. The van der Waals surface area contributed by atoms with Gasteiger partial charge in [-0.25, -0.2) is 27.8 Å². The smallest absolute Gasteiger partial charge is 0.218 e. The monoisotopic (exact) mass is 416 g/mol. The molecule has 1 fully saturated rings. The average molecular weight is 416 g/mol. The number of aromatic nitrogens is 4. The van der Waals surface area contributed by atoms with E-state index >= 15 is 0 Å². The van der Waals surface area contributed by atoms with Gasteiger partial charge in [0, 0.05) is 50.2 Å². The van der Waals surface area contributed by atoms with Crippen molar-refractivity contribution in [3.8, 4) is 5.82 Å². The molecule has 0 spiro atoms. The van der Waals surface area contributed by atoms with Crippen molar-refractivity contribution in [1.82, 2.24) is 23.8 Å². The van der Waals surface area contributed by atoms with Gasteiger partial charge in [0.15, 0.2) is 0 Å². The summed E-state index contributed by atoms with van der Waals surface area (Å²) in [6.07, 6.45) is 5.15. The summed E-state index contributed by atoms with van der Waals surface area (Å²) in [5.74, 6) is 1.24. The Labute approximate surface area is 168 Å². The van der Waals surface area contributed by atoms with Gasteiger partial charge in [0.2, 0.25) is 10.0 Å². The topological polar surface area (TPSA) is 84.2 Å². The Morgan fingerprint density at radius 1 is 1.07 bits per heavy atom. The second-order valence-electron chi connectivity index (χ2n) is 6.84. The first-order valence-electron chi connectivity index (χ1n) is 9.22. The zero-order chi connectivity index (χ0) is 20.4. The summed E-state index contributed by atoms with van der Waals surface area (Å²) in [5, 5.41) is 0. The molecule has 3 aromatic rings. The van der Waals surface area contributed by atoms with Crippen LogP contribution in [0.2, 0.25) is 0 Å². The Kier molecular flexibility index (Phi) is 5.29. The van der Waals surface area contributed by atoms with Gasteiger partial charge in [0.05, 0.1) is 5.75 Å². The van der Waals surface area contributed by atoms with E-state index in [0.29, 0.717) is 37.8 Å². The highest BCUT2D eigenvalue weighted by Crippen LogP contribution is 2.20. The standard InChI is InChI=1S/C19H21FN6O2S/c1-15-22-18(12-19(23-15)25-7-6-21-14-25)24-8-10-26(11-9-24)29(27,28)13-16-4-2-3-5-17(16)20/h2-7,12,14H,8-11,13H2,1H3. The van der Waals surface area contributed by atoms with Crippen LogP contribution in [0, 0.1) is 12.7 Å². The Bertz CT molecular complexity index is 1100. The quantitative estimate of drug-likeness (QED) is 0.630. The molecule has 4 rings (SSSR count). The molecule has 1 aromatic carbocycles. The molecule has 10 heteroatoms. The predicted octanol–water partition coefficient (Wildman–Crippen LogP) is 1.76. The van der Waals surface area contributed by atoms with E-state index in [9.17, 15) is 12.8 Å². The highest BCUT2D eigenvalue weighted by molar-refractivity contribution is 7.88. The van der Waals surface area contributed by atoms with Crippen LogP contribution in [0.15, 0.2) is 49.1 Å². The number of hydrogen-bond acceptors (Lipinski definition) is 6. The van der Waals surface area contributed by atoms with Crippen LogP contribution in [-0.2, 0) is 15.8 Å². The third-order valence-electron chi connectivity index (χ3n) is 4.83. The molecule has 0 aliphatic carbocycles. The zero-order valence-corrected chi connectivity index (χ0v) is 16.8. The lowest BCUT2D eigenvalue weighted by Crippen LogP contribution is -2.49. The van der Waals surface area contributed by atoms with Crippen LogP contribution in [0.1, 0.15) is 11.4 Å².